The van der Waals surface area contributed by atoms with Gasteiger partial charge >= 0.3 is 5.97 Å². The smallest absolute Gasteiger partial charge is 0.344 e. The molecule has 2 aromatic carbocycles. The molecule has 5 rings (SSSR count). The number of rotatable bonds is 4. The zero-order valence-corrected chi connectivity index (χ0v) is 11.6. The fourth-order valence-corrected chi connectivity index (χ4v) is 2.85. The second-order valence-corrected chi connectivity index (χ2v) is 5.13. The zero-order chi connectivity index (χ0) is 14.4. The van der Waals surface area contributed by atoms with Gasteiger partial charge in [-0.1, -0.05) is 12.1 Å². The van der Waals surface area contributed by atoms with Crippen molar-refractivity contribution in [1.29, 1.82) is 0 Å². The first-order valence-electron chi connectivity index (χ1n) is 7.01. The van der Waals surface area contributed by atoms with E-state index in [2.05, 4.69) is 12.1 Å². The molecule has 0 amide bonds. The number of furan rings is 1. The summed E-state index contributed by atoms with van der Waals surface area (Å²) in [5.74, 6) is 0.298. The minimum Gasteiger partial charge on any atom is -0.481 e. The molecule has 3 aromatic rings. The topological polar surface area (TPSA) is 48.7 Å². The Hall–Kier alpha value is -2.49. The maximum atomic E-state index is 11.5. The molecule has 0 unspecified atom stereocenters. The van der Waals surface area contributed by atoms with E-state index in [0.717, 1.165) is 28.4 Å². The van der Waals surface area contributed by atoms with Gasteiger partial charge in [0.15, 0.2) is 6.61 Å². The van der Waals surface area contributed by atoms with Gasteiger partial charge < -0.3 is 13.9 Å². The molecule has 21 heavy (non-hydrogen) atoms. The molecular weight excluding hydrogens is 268 g/mol. The van der Waals surface area contributed by atoms with E-state index in [1.807, 2.05) is 18.2 Å². The number of benzene rings is 2. The van der Waals surface area contributed by atoms with Crippen molar-refractivity contribution in [3.05, 3.63) is 41.5 Å². The number of ether oxygens (including phenoxy) is 2. The lowest BCUT2D eigenvalue weighted by atomic mass is 9.88. The normalized spacial score (nSPS) is 12.4. The summed E-state index contributed by atoms with van der Waals surface area (Å²) in [6.07, 6.45) is 0.980. The van der Waals surface area contributed by atoms with Crippen LogP contribution in [-0.2, 0) is 16.0 Å². The molecule has 0 aliphatic heterocycles. The number of esters is 1. The highest BCUT2D eigenvalue weighted by Gasteiger charge is 2.21. The van der Waals surface area contributed by atoms with Crippen molar-refractivity contribution in [2.45, 2.75) is 13.3 Å². The van der Waals surface area contributed by atoms with Crippen molar-refractivity contribution in [3.63, 3.8) is 0 Å². The molecule has 106 valence electrons. The molecule has 0 atom stereocenters. The number of carbonyl (C=O) groups excluding carboxylic acids is 1. The van der Waals surface area contributed by atoms with E-state index in [0.29, 0.717) is 12.4 Å². The van der Waals surface area contributed by atoms with E-state index in [1.165, 1.54) is 11.1 Å². The average Bonchev–Trinajstić information content (AvgIpc) is 2.83. The Kier molecular flexibility index (Phi) is 2.64. The van der Waals surface area contributed by atoms with E-state index in [1.54, 1.807) is 6.92 Å². The summed E-state index contributed by atoms with van der Waals surface area (Å²) >= 11 is 0. The van der Waals surface area contributed by atoms with Gasteiger partial charge in [-0.2, -0.15) is 0 Å². The summed E-state index contributed by atoms with van der Waals surface area (Å²) in [6, 6.07) is 9.87. The van der Waals surface area contributed by atoms with Crippen molar-refractivity contribution >= 4 is 27.9 Å². The first-order chi connectivity index (χ1) is 10.3. The van der Waals surface area contributed by atoms with Crippen LogP contribution in [0.3, 0.4) is 0 Å². The third kappa shape index (κ3) is 1.87. The van der Waals surface area contributed by atoms with Gasteiger partial charge in [0.2, 0.25) is 0 Å². The van der Waals surface area contributed by atoms with E-state index in [-0.39, 0.29) is 12.6 Å². The predicted octanol–water partition coefficient (Wildman–Crippen LogP) is 3.43. The Morgan fingerprint density at radius 3 is 2.90 bits per heavy atom. The van der Waals surface area contributed by atoms with Gasteiger partial charge in [0.05, 0.1) is 12.0 Å². The van der Waals surface area contributed by atoms with Gasteiger partial charge in [0.1, 0.15) is 16.9 Å². The zero-order valence-electron chi connectivity index (χ0n) is 11.6. The van der Waals surface area contributed by atoms with Crippen molar-refractivity contribution in [2.75, 3.05) is 13.2 Å². The van der Waals surface area contributed by atoms with Crippen LogP contribution >= 0.6 is 0 Å². The molecule has 4 heteroatoms. The highest BCUT2D eigenvalue weighted by molar-refractivity contribution is 6.11. The molecule has 0 fully saturated rings. The quantitative estimate of drug-likeness (QED) is 0.538. The molecule has 0 N–H and O–H groups in total. The van der Waals surface area contributed by atoms with Crippen LogP contribution in [0.15, 0.2) is 34.7 Å². The highest BCUT2D eigenvalue weighted by Crippen LogP contribution is 2.41. The van der Waals surface area contributed by atoms with E-state index in [9.17, 15) is 4.79 Å². The second-order valence-electron chi connectivity index (χ2n) is 5.13. The van der Waals surface area contributed by atoms with Crippen molar-refractivity contribution in [2.24, 2.45) is 0 Å². The first kappa shape index (κ1) is 12.3. The number of hydrogen-bond donors (Lipinski definition) is 0. The number of hydrogen-bond acceptors (Lipinski definition) is 4. The van der Waals surface area contributed by atoms with Crippen LogP contribution in [-0.4, -0.2) is 19.2 Å². The van der Waals surface area contributed by atoms with Gasteiger partial charge in [-0.15, -0.1) is 0 Å². The van der Waals surface area contributed by atoms with Crippen LogP contribution < -0.4 is 4.74 Å². The molecule has 0 radical (unpaired) electrons. The molecule has 0 saturated heterocycles. The van der Waals surface area contributed by atoms with Crippen LogP contribution in [0, 0.1) is 0 Å². The second kappa shape index (κ2) is 4.52. The minimum absolute atomic E-state index is 0.0902. The monoisotopic (exact) mass is 282 g/mol. The third-order valence-electron chi connectivity index (χ3n) is 3.75. The minimum atomic E-state index is -0.364. The van der Waals surface area contributed by atoms with Crippen molar-refractivity contribution in [3.8, 4) is 5.75 Å². The highest BCUT2D eigenvalue weighted by atomic mass is 16.6. The van der Waals surface area contributed by atoms with Crippen LogP contribution in [0.2, 0.25) is 0 Å². The standard InChI is InChI=1S/C17H14O4/c1-2-19-15(18)9-20-12-4-3-5-13-17(12)16-11-6-10(7-11)8-14(16)21-13/h3-6,8H,2,7,9H2,1H3. The van der Waals surface area contributed by atoms with Crippen LogP contribution in [0.25, 0.3) is 21.9 Å². The lowest BCUT2D eigenvalue weighted by molar-refractivity contribution is -0.145. The molecule has 2 aliphatic carbocycles. The summed E-state index contributed by atoms with van der Waals surface area (Å²) in [5.41, 5.74) is 4.24. The summed E-state index contributed by atoms with van der Waals surface area (Å²) in [6.45, 7) is 2.04. The van der Waals surface area contributed by atoms with E-state index >= 15 is 0 Å². The van der Waals surface area contributed by atoms with Gasteiger partial charge in [-0.25, -0.2) is 4.79 Å². The molecule has 2 aliphatic rings. The number of carbonyl (C=O) groups is 1. The van der Waals surface area contributed by atoms with Crippen LogP contribution in [0.4, 0.5) is 0 Å². The molecule has 4 nitrogen and oxygen atoms in total. The fourth-order valence-electron chi connectivity index (χ4n) is 2.85. The molecule has 1 aromatic heterocycles. The maximum absolute atomic E-state index is 11.5. The maximum Gasteiger partial charge on any atom is 0.344 e. The summed E-state index contributed by atoms with van der Waals surface area (Å²) in [7, 11) is 0. The Morgan fingerprint density at radius 1 is 1.24 bits per heavy atom. The molecule has 1 heterocycles. The average molecular weight is 282 g/mol. The summed E-state index contributed by atoms with van der Waals surface area (Å²) in [5, 5.41) is 2.04. The van der Waals surface area contributed by atoms with Gasteiger partial charge in [-0.3, -0.25) is 0 Å². The molecular formula is C17H14O4. The first-order valence-corrected chi connectivity index (χ1v) is 7.01. The van der Waals surface area contributed by atoms with E-state index in [4.69, 9.17) is 13.9 Å². The van der Waals surface area contributed by atoms with Gasteiger partial charge in [-0.05, 0) is 42.7 Å². The summed E-state index contributed by atoms with van der Waals surface area (Å²) < 4.78 is 16.4. The van der Waals surface area contributed by atoms with Crippen LogP contribution in [0.1, 0.15) is 18.1 Å². The molecule has 0 spiro atoms. The third-order valence-corrected chi connectivity index (χ3v) is 3.75. The Balaban J connectivity index is 1.79. The number of fused-ring (bicyclic) bond motifs is 1. The fraction of sp³-hybridized carbons (Fsp3) is 0.235. The predicted molar refractivity (Wildman–Crippen MR) is 78.7 cm³/mol. The lowest BCUT2D eigenvalue weighted by Crippen LogP contribution is -2.14. The molecule has 0 saturated carbocycles. The van der Waals surface area contributed by atoms with Crippen molar-refractivity contribution < 1.29 is 18.7 Å². The van der Waals surface area contributed by atoms with Crippen LogP contribution in [0.5, 0.6) is 5.75 Å². The Morgan fingerprint density at radius 2 is 2.10 bits per heavy atom. The Labute approximate surface area is 121 Å². The van der Waals surface area contributed by atoms with E-state index < -0.39 is 0 Å². The van der Waals surface area contributed by atoms with Gasteiger partial charge in [0.25, 0.3) is 0 Å². The Bertz CT molecular complexity index is 860. The molecule has 2 bridgehead atoms. The lowest BCUT2D eigenvalue weighted by Gasteiger charge is -2.15. The summed E-state index contributed by atoms with van der Waals surface area (Å²) in [4.78, 5) is 11.5. The largest absolute Gasteiger partial charge is 0.481 e. The van der Waals surface area contributed by atoms with Crippen molar-refractivity contribution in [1.82, 2.24) is 0 Å². The SMILES string of the molecule is CCOC(=O)COc1cccc2oc3cc4cc(c3c12)C4. The van der Waals surface area contributed by atoms with Gasteiger partial charge in [0, 0.05) is 5.39 Å².